The van der Waals surface area contributed by atoms with E-state index < -0.39 is 53.5 Å². The molecule has 13 nitrogen and oxygen atoms in total. The van der Waals surface area contributed by atoms with Crippen molar-refractivity contribution >= 4 is 28.9 Å². The van der Waals surface area contributed by atoms with Crippen LogP contribution in [0.25, 0.3) is 10.9 Å². The summed E-state index contributed by atoms with van der Waals surface area (Å²) in [6.45, 7) is 5.24. The van der Waals surface area contributed by atoms with Crippen molar-refractivity contribution in [3.8, 4) is 28.7 Å². The molecule has 3 aromatic carbocycles. The number of amides is 1. The Labute approximate surface area is 294 Å². The van der Waals surface area contributed by atoms with Crippen LogP contribution in [0, 0.1) is 11.8 Å². The number of H-pyrrole nitrogens is 1. The number of carbonyl (C=O) groups excluding carboxylic acids is 3. The highest BCUT2D eigenvalue weighted by molar-refractivity contribution is 5.86. The molecule has 13 heteroatoms. The second-order valence-corrected chi connectivity index (χ2v) is 13.7. The molecule has 0 bridgehead atoms. The molecule has 4 aromatic rings. The molecule has 2 N–H and O–H groups in total. The Kier molecular flexibility index (Phi) is 8.82. The quantitative estimate of drug-likeness (QED) is 0.166. The van der Waals surface area contributed by atoms with Gasteiger partial charge in [0.2, 0.25) is 12.5 Å². The molecule has 2 aliphatic heterocycles. The molecule has 268 valence electrons. The lowest BCUT2D eigenvalue weighted by atomic mass is 9.66. The van der Waals surface area contributed by atoms with Crippen molar-refractivity contribution in [1.29, 1.82) is 0 Å². The fourth-order valence-corrected chi connectivity index (χ4v) is 7.31. The number of methoxy groups -OCH3 is 3. The van der Waals surface area contributed by atoms with E-state index in [0.717, 1.165) is 16.5 Å². The Bertz CT molecular complexity index is 1970. The van der Waals surface area contributed by atoms with E-state index in [1.165, 1.54) is 21.3 Å². The maximum atomic E-state index is 14.3. The second-order valence-electron chi connectivity index (χ2n) is 13.7. The van der Waals surface area contributed by atoms with Crippen LogP contribution in [0.4, 0.5) is 4.79 Å². The highest BCUT2D eigenvalue weighted by Crippen LogP contribution is 2.56. The SMILES string of the molecule is COc1cc([C@@H]2c3cc4c(cc3[C@H](OC(=O)[C@H](Cc3c[nH]c5ccccc35)NC(=O)OC(C)(C)C)[C@H]3COC(=O)[C@H]23)OCO4)cc(OC)c1OC. The molecule has 0 saturated carbocycles. The van der Waals surface area contributed by atoms with Gasteiger partial charge in [0.15, 0.2) is 23.0 Å². The molecule has 0 spiro atoms. The van der Waals surface area contributed by atoms with Crippen molar-refractivity contribution in [2.75, 3.05) is 34.7 Å². The Morgan fingerprint density at radius 1 is 0.941 bits per heavy atom. The minimum atomic E-state index is -1.14. The fourth-order valence-electron chi connectivity index (χ4n) is 7.31. The number of fused-ring (bicyclic) bond motifs is 4. The molecular formula is C38H40N2O11. The summed E-state index contributed by atoms with van der Waals surface area (Å²) in [7, 11) is 4.56. The number of aromatic nitrogens is 1. The van der Waals surface area contributed by atoms with E-state index in [1.807, 2.05) is 30.3 Å². The zero-order chi connectivity index (χ0) is 36.0. The van der Waals surface area contributed by atoms with Crippen molar-refractivity contribution in [2.24, 2.45) is 11.8 Å². The second kappa shape index (κ2) is 13.3. The molecule has 1 amide bonds. The van der Waals surface area contributed by atoms with Gasteiger partial charge in [-0.05, 0) is 67.8 Å². The maximum absolute atomic E-state index is 14.3. The lowest BCUT2D eigenvalue weighted by Crippen LogP contribution is -2.47. The molecule has 7 rings (SSSR count). The Morgan fingerprint density at radius 2 is 1.63 bits per heavy atom. The lowest BCUT2D eigenvalue weighted by Gasteiger charge is -2.39. The van der Waals surface area contributed by atoms with Gasteiger partial charge in [0.05, 0.1) is 33.9 Å². The Morgan fingerprint density at radius 3 is 2.29 bits per heavy atom. The number of hydrogen-bond acceptors (Lipinski definition) is 11. The predicted octanol–water partition coefficient (Wildman–Crippen LogP) is 5.58. The van der Waals surface area contributed by atoms with Gasteiger partial charge in [0.1, 0.15) is 17.7 Å². The van der Waals surface area contributed by atoms with Crippen molar-refractivity contribution in [2.45, 2.75) is 50.9 Å². The average Bonchev–Trinajstić information content (AvgIpc) is 3.84. The monoisotopic (exact) mass is 700 g/mol. The number of carbonyl (C=O) groups is 3. The largest absolute Gasteiger partial charge is 0.493 e. The van der Waals surface area contributed by atoms with E-state index in [-0.39, 0.29) is 19.8 Å². The molecule has 1 saturated heterocycles. The first-order valence-corrected chi connectivity index (χ1v) is 16.6. The van der Waals surface area contributed by atoms with Gasteiger partial charge in [-0.15, -0.1) is 0 Å². The number of alkyl carbamates (subject to hydrolysis) is 1. The molecule has 1 fully saturated rings. The Balaban J connectivity index is 1.30. The summed E-state index contributed by atoms with van der Waals surface area (Å²) < 4.78 is 46.0. The topological polar surface area (TPSA) is 153 Å². The summed E-state index contributed by atoms with van der Waals surface area (Å²) >= 11 is 0. The highest BCUT2D eigenvalue weighted by Gasteiger charge is 2.54. The van der Waals surface area contributed by atoms with E-state index in [2.05, 4.69) is 10.3 Å². The van der Waals surface area contributed by atoms with Crippen LogP contribution in [0.1, 0.15) is 55.0 Å². The maximum Gasteiger partial charge on any atom is 0.408 e. The predicted molar refractivity (Wildman–Crippen MR) is 182 cm³/mol. The van der Waals surface area contributed by atoms with Crippen LogP contribution in [-0.4, -0.2) is 69.4 Å². The van der Waals surface area contributed by atoms with Crippen molar-refractivity contribution in [3.05, 3.63) is 77.0 Å². The van der Waals surface area contributed by atoms with Crippen LogP contribution in [0.3, 0.4) is 0 Å². The molecule has 5 atom stereocenters. The summed E-state index contributed by atoms with van der Waals surface area (Å²) in [6.07, 6.45) is 0.208. The average molecular weight is 701 g/mol. The number of cyclic esters (lactones) is 1. The van der Waals surface area contributed by atoms with Gasteiger partial charge in [-0.1, -0.05) is 18.2 Å². The number of nitrogens with one attached hydrogen (secondary N) is 2. The van der Waals surface area contributed by atoms with E-state index in [0.29, 0.717) is 45.4 Å². The summed E-state index contributed by atoms with van der Waals surface area (Å²) in [4.78, 5) is 44.3. The molecular weight excluding hydrogens is 660 g/mol. The number of aromatic amines is 1. The zero-order valence-electron chi connectivity index (χ0n) is 29.2. The minimum Gasteiger partial charge on any atom is -0.493 e. The van der Waals surface area contributed by atoms with Crippen LogP contribution < -0.4 is 29.0 Å². The van der Waals surface area contributed by atoms with Crippen LogP contribution >= 0.6 is 0 Å². The first-order valence-electron chi connectivity index (χ1n) is 16.6. The summed E-state index contributed by atoms with van der Waals surface area (Å²) in [5, 5.41) is 3.64. The first kappa shape index (κ1) is 33.9. The van der Waals surface area contributed by atoms with Gasteiger partial charge in [0, 0.05) is 40.9 Å². The third-order valence-electron chi connectivity index (χ3n) is 9.48. The lowest BCUT2D eigenvalue weighted by molar-refractivity contribution is -0.157. The van der Waals surface area contributed by atoms with Crippen molar-refractivity contribution in [3.63, 3.8) is 0 Å². The van der Waals surface area contributed by atoms with E-state index >= 15 is 0 Å². The number of esters is 2. The van der Waals surface area contributed by atoms with Gasteiger partial charge in [-0.2, -0.15) is 0 Å². The van der Waals surface area contributed by atoms with E-state index in [1.54, 1.807) is 45.2 Å². The normalized spacial score (nSPS) is 20.9. The number of hydrogen-bond donors (Lipinski definition) is 2. The van der Waals surface area contributed by atoms with Crippen molar-refractivity contribution in [1.82, 2.24) is 10.3 Å². The smallest absolute Gasteiger partial charge is 0.408 e. The van der Waals surface area contributed by atoms with Gasteiger partial charge in [-0.25, -0.2) is 9.59 Å². The van der Waals surface area contributed by atoms with E-state index in [4.69, 9.17) is 37.9 Å². The summed E-state index contributed by atoms with van der Waals surface area (Å²) in [5.41, 5.74) is 2.88. The molecule has 3 heterocycles. The van der Waals surface area contributed by atoms with Gasteiger partial charge >= 0.3 is 18.0 Å². The number of para-hydroxylation sites is 1. The standard InChI is InChI=1S/C38H40N2O11/c1-38(2,3)51-37(43)40-26(11-20-16-39-25-10-8-7-9-21(20)25)35(41)50-33-23-15-28-27(48-18-49-28)14-22(23)31(32-24(33)17-47-36(32)42)19-12-29(44-4)34(46-6)30(13-19)45-5/h7-10,12-16,24,26,31-33,39H,11,17-18H2,1-6H3,(H,40,43)/t24-,26-,31+,32-,33-/m0/s1. The van der Waals surface area contributed by atoms with Crippen LogP contribution in [0.15, 0.2) is 54.7 Å². The van der Waals surface area contributed by atoms with Crippen molar-refractivity contribution < 1.29 is 52.3 Å². The summed E-state index contributed by atoms with van der Waals surface area (Å²) in [6, 6.07) is 13.7. The molecule has 3 aliphatic rings. The number of rotatable bonds is 9. The zero-order valence-corrected chi connectivity index (χ0v) is 29.2. The molecule has 0 radical (unpaired) electrons. The van der Waals surface area contributed by atoms with Gasteiger partial charge < -0.3 is 48.2 Å². The van der Waals surface area contributed by atoms with E-state index in [9.17, 15) is 14.4 Å². The highest BCUT2D eigenvalue weighted by atomic mass is 16.7. The fraction of sp³-hybridized carbons (Fsp3) is 0.395. The first-order chi connectivity index (χ1) is 24.5. The molecule has 1 aliphatic carbocycles. The molecule has 0 unspecified atom stereocenters. The van der Waals surface area contributed by atoms with Crippen LogP contribution in [0.5, 0.6) is 28.7 Å². The van der Waals surface area contributed by atoms with Crippen LogP contribution in [-0.2, 0) is 30.2 Å². The minimum absolute atomic E-state index is 0.00284. The van der Waals surface area contributed by atoms with Gasteiger partial charge in [0.25, 0.3) is 0 Å². The van der Waals surface area contributed by atoms with Gasteiger partial charge in [-0.3, -0.25) is 4.79 Å². The Hall–Kier alpha value is -5.59. The number of ether oxygens (including phenoxy) is 8. The molecule has 1 aromatic heterocycles. The molecule has 51 heavy (non-hydrogen) atoms. The van der Waals surface area contributed by atoms with Crippen LogP contribution in [0.2, 0.25) is 0 Å². The summed E-state index contributed by atoms with van der Waals surface area (Å²) in [5.74, 6) is -0.860. The number of benzene rings is 3. The third kappa shape index (κ3) is 6.32. The third-order valence-corrected chi connectivity index (χ3v) is 9.48.